The molecule has 1 aromatic heterocycles. The normalized spacial score (nSPS) is 11.3. The number of aromatic nitrogens is 3. The number of nitrogen functional groups attached to an aromatic ring is 1. The van der Waals surface area contributed by atoms with Crippen LogP contribution in [-0.4, -0.2) is 25.8 Å². The zero-order valence-electron chi connectivity index (χ0n) is 7.33. The highest BCUT2D eigenvalue weighted by Gasteiger charge is 2.13. The first-order valence-electron chi connectivity index (χ1n) is 3.61. The largest absolute Gasteiger partial charge is 0.372 e. The minimum atomic E-state index is -1.19. The Bertz CT molecular complexity index is 353. The molecule has 5 N–H and O–H groups in total. The smallest absolute Gasteiger partial charge is 0.350 e. The van der Waals surface area contributed by atoms with Crippen molar-refractivity contribution >= 4 is 11.9 Å². The van der Waals surface area contributed by atoms with Gasteiger partial charge in [-0.05, 0) is 13.8 Å². The van der Waals surface area contributed by atoms with Crippen molar-refractivity contribution in [3.63, 3.8) is 0 Å². The van der Waals surface area contributed by atoms with Gasteiger partial charge in [0.25, 0.3) is 0 Å². The molecule has 0 spiro atoms. The first-order valence-corrected chi connectivity index (χ1v) is 3.61. The number of hydrogen-bond acceptors (Lipinski definition) is 6. The van der Waals surface area contributed by atoms with Gasteiger partial charge in [0.05, 0.1) is 0 Å². The summed E-state index contributed by atoms with van der Waals surface area (Å²) < 4.78 is 0. The second kappa shape index (κ2) is 3.02. The molecule has 0 unspecified atom stereocenters. The van der Waals surface area contributed by atoms with Crippen LogP contribution in [0.5, 0.6) is 0 Å². The van der Waals surface area contributed by atoms with Crippen LogP contribution < -0.4 is 16.7 Å². The number of rotatable bonds is 2. The van der Waals surface area contributed by atoms with Crippen molar-refractivity contribution in [2.75, 3.05) is 11.1 Å². The lowest BCUT2D eigenvalue weighted by Crippen LogP contribution is -2.32. The van der Waals surface area contributed by atoms with Gasteiger partial charge in [-0.1, -0.05) is 0 Å². The van der Waals surface area contributed by atoms with E-state index in [0.29, 0.717) is 0 Å². The van der Waals surface area contributed by atoms with Crippen molar-refractivity contribution in [1.82, 2.24) is 15.0 Å². The van der Waals surface area contributed by atoms with Gasteiger partial charge in [0.2, 0.25) is 11.9 Å². The van der Waals surface area contributed by atoms with E-state index >= 15 is 0 Å². The number of aliphatic hydroxyl groups is 1. The molecule has 0 saturated heterocycles. The molecular formula is C6H11N5O2. The number of H-pyrrole nitrogens is 1. The highest BCUT2D eigenvalue weighted by molar-refractivity contribution is 5.30. The summed E-state index contributed by atoms with van der Waals surface area (Å²) >= 11 is 0. The first-order chi connectivity index (χ1) is 5.87. The van der Waals surface area contributed by atoms with Crippen molar-refractivity contribution in [2.24, 2.45) is 0 Å². The molecule has 0 radical (unpaired) electrons. The number of hydrogen-bond donors (Lipinski definition) is 4. The molecule has 0 bridgehead atoms. The molecule has 0 aliphatic rings. The van der Waals surface area contributed by atoms with Gasteiger partial charge in [0.1, 0.15) is 5.72 Å². The molecule has 7 nitrogen and oxygen atoms in total. The van der Waals surface area contributed by atoms with Crippen LogP contribution >= 0.6 is 0 Å². The molecule has 0 atom stereocenters. The maximum atomic E-state index is 10.8. The van der Waals surface area contributed by atoms with Gasteiger partial charge in [0, 0.05) is 0 Å². The van der Waals surface area contributed by atoms with Gasteiger partial charge in [-0.2, -0.15) is 9.97 Å². The summed E-state index contributed by atoms with van der Waals surface area (Å²) in [4.78, 5) is 20.1. The van der Waals surface area contributed by atoms with Gasteiger partial charge >= 0.3 is 5.69 Å². The van der Waals surface area contributed by atoms with Gasteiger partial charge < -0.3 is 16.2 Å². The van der Waals surface area contributed by atoms with Gasteiger partial charge in [-0.25, -0.2) is 4.79 Å². The average Bonchev–Trinajstić information content (AvgIpc) is 1.78. The fourth-order valence-corrected chi connectivity index (χ4v) is 0.730. The molecule has 1 aromatic rings. The van der Waals surface area contributed by atoms with E-state index < -0.39 is 11.4 Å². The molecule has 0 fully saturated rings. The number of anilines is 2. The van der Waals surface area contributed by atoms with Gasteiger partial charge in [0.15, 0.2) is 0 Å². The lowest BCUT2D eigenvalue weighted by molar-refractivity contribution is 0.110. The number of nitrogens with two attached hydrogens (primary N) is 1. The Hall–Kier alpha value is -1.63. The molecule has 0 aliphatic heterocycles. The van der Waals surface area contributed by atoms with Crippen LogP contribution in [0.4, 0.5) is 11.9 Å². The van der Waals surface area contributed by atoms with E-state index in [2.05, 4.69) is 20.3 Å². The summed E-state index contributed by atoms with van der Waals surface area (Å²) in [5, 5.41) is 11.8. The lowest BCUT2D eigenvalue weighted by Gasteiger charge is -2.18. The van der Waals surface area contributed by atoms with E-state index in [0.717, 1.165) is 0 Å². The van der Waals surface area contributed by atoms with E-state index in [4.69, 9.17) is 5.73 Å². The molecule has 7 heteroatoms. The molecule has 1 heterocycles. The van der Waals surface area contributed by atoms with Crippen LogP contribution in [0.2, 0.25) is 0 Å². The van der Waals surface area contributed by atoms with E-state index in [9.17, 15) is 9.90 Å². The Kier molecular flexibility index (Phi) is 2.20. The first kappa shape index (κ1) is 9.46. The van der Waals surface area contributed by atoms with Crippen molar-refractivity contribution in [1.29, 1.82) is 0 Å². The zero-order chi connectivity index (χ0) is 10.1. The quantitative estimate of drug-likeness (QED) is 0.434. The zero-order valence-corrected chi connectivity index (χ0v) is 7.33. The minimum absolute atomic E-state index is 0.00579. The highest BCUT2D eigenvalue weighted by Crippen LogP contribution is 2.04. The van der Waals surface area contributed by atoms with Crippen LogP contribution in [0.1, 0.15) is 13.8 Å². The standard InChI is InChI=1S/C6H11N5O2/c1-6(2,13)11-4-8-3(7)9-5(12)10-4/h13H,1-2H3,(H4,7,8,9,10,11,12). The molecule has 0 aliphatic carbocycles. The third kappa shape index (κ3) is 3.08. The van der Waals surface area contributed by atoms with Crippen molar-refractivity contribution in [2.45, 2.75) is 19.6 Å². The Morgan fingerprint density at radius 1 is 1.54 bits per heavy atom. The third-order valence-corrected chi connectivity index (χ3v) is 1.09. The van der Waals surface area contributed by atoms with Crippen molar-refractivity contribution < 1.29 is 5.11 Å². The monoisotopic (exact) mass is 185 g/mol. The van der Waals surface area contributed by atoms with Crippen LogP contribution in [0.25, 0.3) is 0 Å². The molecular weight excluding hydrogens is 174 g/mol. The fourth-order valence-electron chi connectivity index (χ4n) is 0.730. The summed E-state index contributed by atoms with van der Waals surface area (Å²) in [6.45, 7) is 2.99. The van der Waals surface area contributed by atoms with E-state index in [1.165, 1.54) is 13.8 Å². The molecule has 13 heavy (non-hydrogen) atoms. The minimum Gasteiger partial charge on any atom is -0.372 e. The SMILES string of the molecule is CC(C)(O)Nc1nc(N)[nH]c(=O)n1. The van der Waals surface area contributed by atoms with Crippen molar-refractivity contribution in [3.05, 3.63) is 10.5 Å². The predicted octanol–water partition coefficient (Wildman–Crippen LogP) is -1.11. The average molecular weight is 185 g/mol. The second-order valence-corrected chi connectivity index (χ2v) is 3.05. The van der Waals surface area contributed by atoms with Crippen LogP contribution in [0.3, 0.4) is 0 Å². The number of aromatic amines is 1. The van der Waals surface area contributed by atoms with E-state index in [1.54, 1.807) is 0 Å². The number of nitrogens with one attached hydrogen (secondary N) is 2. The fraction of sp³-hybridized carbons (Fsp3) is 0.500. The topological polar surface area (TPSA) is 117 Å². The third-order valence-electron chi connectivity index (χ3n) is 1.09. The van der Waals surface area contributed by atoms with Crippen molar-refractivity contribution in [3.8, 4) is 0 Å². The van der Waals surface area contributed by atoms with Crippen LogP contribution in [0, 0.1) is 0 Å². The summed E-state index contributed by atoms with van der Waals surface area (Å²) in [5.74, 6) is -0.0551. The van der Waals surface area contributed by atoms with E-state index in [-0.39, 0.29) is 11.9 Å². The lowest BCUT2D eigenvalue weighted by atomic mass is 10.3. The number of nitrogens with zero attached hydrogens (tertiary/aromatic N) is 2. The maximum Gasteiger partial charge on any atom is 0.350 e. The Balaban J connectivity index is 2.96. The molecule has 0 aromatic carbocycles. The maximum absolute atomic E-state index is 10.8. The molecule has 0 saturated carbocycles. The highest BCUT2D eigenvalue weighted by atomic mass is 16.3. The van der Waals surface area contributed by atoms with Gasteiger partial charge in [-0.3, -0.25) is 4.98 Å². The molecule has 1 rings (SSSR count). The summed E-state index contributed by atoms with van der Waals surface area (Å²) in [5.41, 5.74) is 3.44. The summed E-state index contributed by atoms with van der Waals surface area (Å²) in [6.07, 6.45) is 0. The second-order valence-electron chi connectivity index (χ2n) is 3.05. The molecule has 0 amide bonds. The van der Waals surface area contributed by atoms with Gasteiger partial charge in [-0.15, -0.1) is 0 Å². The molecule has 72 valence electrons. The van der Waals surface area contributed by atoms with Crippen LogP contribution in [-0.2, 0) is 0 Å². The van der Waals surface area contributed by atoms with Crippen LogP contribution in [0.15, 0.2) is 4.79 Å². The Morgan fingerprint density at radius 3 is 2.62 bits per heavy atom. The predicted molar refractivity (Wildman–Crippen MR) is 47.0 cm³/mol. The summed E-state index contributed by atoms with van der Waals surface area (Å²) in [7, 11) is 0. The Morgan fingerprint density at radius 2 is 2.15 bits per heavy atom. The Labute approximate surface area is 74.0 Å². The summed E-state index contributed by atoms with van der Waals surface area (Å²) in [6, 6.07) is 0. The van der Waals surface area contributed by atoms with E-state index in [1.807, 2.05) is 0 Å².